The number of nitrogens with one attached hydrogen (secondary N) is 1. The molecule has 0 radical (unpaired) electrons. The van der Waals surface area contributed by atoms with Gasteiger partial charge in [0.2, 0.25) is 0 Å². The number of benzene rings is 1. The van der Waals surface area contributed by atoms with Crippen LogP contribution in [0.4, 0.5) is 5.82 Å². The summed E-state index contributed by atoms with van der Waals surface area (Å²) >= 11 is 0. The lowest BCUT2D eigenvalue weighted by Gasteiger charge is -2.26. The molecule has 24 heavy (non-hydrogen) atoms. The van der Waals surface area contributed by atoms with Crippen molar-refractivity contribution in [1.29, 1.82) is 0 Å². The molecule has 0 aliphatic carbocycles. The molecule has 0 unspecified atom stereocenters. The minimum Gasteiger partial charge on any atom is -0.368 e. The minimum absolute atomic E-state index is 0.00101. The van der Waals surface area contributed by atoms with Crippen LogP contribution in [0.3, 0.4) is 0 Å². The normalized spacial score (nSPS) is 14.7. The zero-order valence-corrected chi connectivity index (χ0v) is 14.3. The summed E-state index contributed by atoms with van der Waals surface area (Å²) in [5.41, 5.74) is 1.38. The van der Waals surface area contributed by atoms with Crippen LogP contribution in [-0.2, 0) is 0 Å². The smallest absolute Gasteiger partial charge is 0.272 e. The molecular weight excluding hydrogens is 300 g/mol. The first-order valence-corrected chi connectivity index (χ1v) is 8.64. The van der Waals surface area contributed by atoms with E-state index in [9.17, 15) is 4.79 Å². The third kappa shape index (κ3) is 3.91. The fraction of sp³-hybridized carbons (Fsp3) is 0.421. The summed E-state index contributed by atoms with van der Waals surface area (Å²) in [6.07, 6.45) is 3.34. The molecule has 126 valence electrons. The van der Waals surface area contributed by atoms with E-state index in [0.717, 1.165) is 31.5 Å². The van der Waals surface area contributed by atoms with E-state index in [4.69, 9.17) is 0 Å². The third-order valence-corrected chi connectivity index (χ3v) is 4.06. The molecule has 5 nitrogen and oxygen atoms in total. The van der Waals surface area contributed by atoms with Crippen molar-refractivity contribution >= 4 is 11.7 Å². The van der Waals surface area contributed by atoms with Gasteiger partial charge in [-0.25, -0.2) is 9.97 Å². The number of hydrogen-bond acceptors (Lipinski definition) is 4. The highest BCUT2D eigenvalue weighted by Crippen LogP contribution is 2.20. The second-order valence-electron chi connectivity index (χ2n) is 6.48. The van der Waals surface area contributed by atoms with E-state index in [1.54, 1.807) is 6.07 Å². The standard InChI is InChI=1S/C19H24N4O/c1-14(2)20-17-13-16(19(24)23-11-7-4-8-12-23)21-18(22-17)15-9-5-3-6-10-15/h3,5-6,9-10,13-14H,4,7-8,11-12H2,1-2H3,(H,20,21,22). The number of likely N-dealkylation sites (tertiary alicyclic amines) is 1. The lowest BCUT2D eigenvalue weighted by atomic mass is 10.1. The Labute approximate surface area is 143 Å². The van der Waals surface area contributed by atoms with Crippen molar-refractivity contribution in [2.24, 2.45) is 0 Å². The number of carbonyl (C=O) groups excluding carboxylic acids is 1. The molecule has 1 saturated heterocycles. The van der Waals surface area contributed by atoms with E-state index < -0.39 is 0 Å². The second kappa shape index (κ2) is 7.43. The third-order valence-electron chi connectivity index (χ3n) is 4.06. The molecule has 1 aromatic heterocycles. The van der Waals surface area contributed by atoms with Crippen LogP contribution in [-0.4, -0.2) is 39.9 Å². The highest BCUT2D eigenvalue weighted by atomic mass is 16.2. The number of rotatable bonds is 4. The molecule has 1 aliphatic heterocycles. The van der Waals surface area contributed by atoms with E-state index in [0.29, 0.717) is 17.3 Å². The van der Waals surface area contributed by atoms with Gasteiger partial charge in [-0.2, -0.15) is 0 Å². The summed E-state index contributed by atoms with van der Waals surface area (Å²) in [6.45, 7) is 5.74. The van der Waals surface area contributed by atoms with Crippen molar-refractivity contribution in [3.8, 4) is 11.4 Å². The van der Waals surface area contributed by atoms with Gasteiger partial charge in [0.05, 0.1) is 0 Å². The molecule has 0 bridgehead atoms. The van der Waals surface area contributed by atoms with Gasteiger partial charge in [0.1, 0.15) is 11.5 Å². The first-order valence-electron chi connectivity index (χ1n) is 8.64. The maximum Gasteiger partial charge on any atom is 0.272 e. The minimum atomic E-state index is 0.00101. The number of amides is 1. The summed E-state index contributed by atoms with van der Waals surface area (Å²) in [7, 11) is 0. The molecular formula is C19H24N4O. The largest absolute Gasteiger partial charge is 0.368 e. The zero-order chi connectivity index (χ0) is 16.9. The number of piperidine rings is 1. The predicted octanol–water partition coefficient (Wildman–Crippen LogP) is 3.59. The molecule has 1 aromatic carbocycles. The molecule has 5 heteroatoms. The van der Waals surface area contributed by atoms with Crippen LogP contribution in [0.15, 0.2) is 36.4 Å². The Bertz CT molecular complexity index is 694. The molecule has 0 spiro atoms. The van der Waals surface area contributed by atoms with Crippen LogP contribution < -0.4 is 5.32 Å². The lowest BCUT2D eigenvalue weighted by molar-refractivity contribution is 0.0718. The van der Waals surface area contributed by atoms with Crippen molar-refractivity contribution in [2.75, 3.05) is 18.4 Å². The number of aromatic nitrogens is 2. The summed E-state index contributed by atoms with van der Waals surface area (Å²) < 4.78 is 0. The van der Waals surface area contributed by atoms with Crippen molar-refractivity contribution in [1.82, 2.24) is 14.9 Å². The van der Waals surface area contributed by atoms with Gasteiger partial charge in [-0.05, 0) is 33.1 Å². The Morgan fingerprint density at radius 1 is 1.08 bits per heavy atom. The molecule has 0 saturated carbocycles. The fourth-order valence-electron chi connectivity index (χ4n) is 2.90. The van der Waals surface area contributed by atoms with Crippen LogP contribution >= 0.6 is 0 Å². The van der Waals surface area contributed by atoms with Crippen LogP contribution in [0.2, 0.25) is 0 Å². The van der Waals surface area contributed by atoms with Crippen molar-refractivity contribution < 1.29 is 4.79 Å². The lowest BCUT2D eigenvalue weighted by Crippen LogP contribution is -2.36. The van der Waals surface area contributed by atoms with Crippen LogP contribution in [0, 0.1) is 0 Å². The summed E-state index contributed by atoms with van der Waals surface area (Å²) in [5.74, 6) is 1.28. The van der Waals surface area contributed by atoms with Gasteiger partial charge in [-0.15, -0.1) is 0 Å². The molecule has 0 atom stereocenters. The van der Waals surface area contributed by atoms with Gasteiger partial charge in [-0.1, -0.05) is 30.3 Å². The molecule has 3 rings (SSSR count). The van der Waals surface area contributed by atoms with Gasteiger partial charge in [0.25, 0.3) is 5.91 Å². The highest BCUT2D eigenvalue weighted by Gasteiger charge is 2.21. The summed E-state index contributed by atoms with van der Waals surface area (Å²) in [5, 5.41) is 3.29. The van der Waals surface area contributed by atoms with Crippen LogP contribution in [0.1, 0.15) is 43.6 Å². The molecule has 2 aromatic rings. The number of hydrogen-bond donors (Lipinski definition) is 1. The Balaban J connectivity index is 1.96. The van der Waals surface area contributed by atoms with Gasteiger partial charge < -0.3 is 10.2 Å². The summed E-state index contributed by atoms with van der Waals surface area (Å²) in [6, 6.07) is 11.8. The molecule has 1 amide bonds. The van der Waals surface area contributed by atoms with Gasteiger partial charge in [0, 0.05) is 30.8 Å². The van der Waals surface area contributed by atoms with E-state index in [2.05, 4.69) is 29.1 Å². The topological polar surface area (TPSA) is 58.1 Å². The zero-order valence-electron chi connectivity index (χ0n) is 14.3. The number of carbonyl (C=O) groups is 1. The van der Waals surface area contributed by atoms with Crippen LogP contribution in [0.5, 0.6) is 0 Å². The summed E-state index contributed by atoms with van der Waals surface area (Å²) in [4.78, 5) is 23.9. The average Bonchev–Trinajstić information content (AvgIpc) is 2.62. The van der Waals surface area contributed by atoms with Crippen molar-refractivity contribution in [3.63, 3.8) is 0 Å². The molecule has 2 heterocycles. The first kappa shape index (κ1) is 16.4. The maximum atomic E-state index is 12.8. The van der Waals surface area contributed by atoms with Crippen molar-refractivity contribution in [3.05, 3.63) is 42.1 Å². The van der Waals surface area contributed by atoms with E-state index >= 15 is 0 Å². The molecule has 1 aliphatic rings. The van der Waals surface area contributed by atoms with E-state index in [-0.39, 0.29) is 11.9 Å². The molecule has 1 N–H and O–H groups in total. The second-order valence-corrected chi connectivity index (χ2v) is 6.48. The Morgan fingerprint density at radius 2 is 1.79 bits per heavy atom. The molecule has 1 fully saturated rings. The average molecular weight is 324 g/mol. The highest BCUT2D eigenvalue weighted by molar-refractivity contribution is 5.93. The number of anilines is 1. The van der Waals surface area contributed by atoms with Gasteiger partial charge in [0.15, 0.2) is 5.82 Å². The Hall–Kier alpha value is -2.43. The van der Waals surface area contributed by atoms with Crippen molar-refractivity contribution in [2.45, 2.75) is 39.2 Å². The first-order chi connectivity index (χ1) is 11.6. The SMILES string of the molecule is CC(C)Nc1cc(C(=O)N2CCCCC2)nc(-c2ccccc2)n1. The van der Waals surface area contributed by atoms with E-state index in [1.165, 1.54) is 6.42 Å². The van der Waals surface area contributed by atoms with Crippen LogP contribution in [0.25, 0.3) is 11.4 Å². The Kier molecular flexibility index (Phi) is 5.08. The number of nitrogens with zero attached hydrogens (tertiary/aromatic N) is 3. The van der Waals surface area contributed by atoms with Gasteiger partial charge in [-0.3, -0.25) is 4.79 Å². The monoisotopic (exact) mass is 324 g/mol. The van der Waals surface area contributed by atoms with E-state index in [1.807, 2.05) is 35.2 Å². The van der Waals surface area contributed by atoms with Gasteiger partial charge >= 0.3 is 0 Å². The Morgan fingerprint density at radius 3 is 2.46 bits per heavy atom. The predicted molar refractivity (Wildman–Crippen MR) is 96.0 cm³/mol. The quantitative estimate of drug-likeness (QED) is 0.934. The maximum absolute atomic E-state index is 12.8. The fourth-order valence-corrected chi connectivity index (χ4v) is 2.90.